The van der Waals surface area contributed by atoms with Gasteiger partial charge in [0.1, 0.15) is 12.1 Å². The first-order chi connectivity index (χ1) is 17.3. The number of nitrogens with one attached hydrogen (secondary N) is 1. The van der Waals surface area contributed by atoms with Gasteiger partial charge in [0.05, 0.1) is 18.9 Å². The first-order valence-electron chi connectivity index (χ1n) is 12.6. The van der Waals surface area contributed by atoms with Crippen molar-refractivity contribution in [2.24, 2.45) is 0 Å². The van der Waals surface area contributed by atoms with Crippen LogP contribution in [0.3, 0.4) is 0 Å². The Morgan fingerprint density at radius 1 is 0.943 bits per heavy atom. The third-order valence-electron chi connectivity index (χ3n) is 7.09. The minimum atomic E-state index is 0.697. The summed E-state index contributed by atoms with van der Waals surface area (Å²) in [7, 11) is 0. The molecule has 5 heterocycles. The molecule has 3 aliphatic rings. The third kappa shape index (κ3) is 4.84. The van der Waals surface area contributed by atoms with E-state index in [9.17, 15) is 0 Å². The van der Waals surface area contributed by atoms with Gasteiger partial charge in [0, 0.05) is 81.6 Å². The highest BCUT2D eigenvalue weighted by atomic mass is 16.5. The number of anilines is 3. The summed E-state index contributed by atoms with van der Waals surface area (Å²) in [6.07, 6.45) is 7.21. The van der Waals surface area contributed by atoms with Crippen LogP contribution in [0.2, 0.25) is 0 Å². The lowest BCUT2D eigenvalue weighted by molar-refractivity contribution is 0.122. The predicted molar refractivity (Wildman–Crippen MR) is 136 cm³/mol. The van der Waals surface area contributed by atoms with Gasteiger partial charge in [0.2, 0.25) is 5.95 Å². The summed E-state index contributed by atoms with van der Waals surface area (Å²) in [4.78, 5) is 25.7. The maximum Gasteiger partial charge on any atom is 0.228 e. The fourth-order valence-corrected chi connectivity index (χ4v) is 5.16. The van der Waals surface area contributed by atoms with Gasteiger partial charge in [0.25, 0.3) is 0 Å². The van der Waals surface area contributed by atoms with E-state index in [1.807, 2.05) is 12.4 Å². The van der Waals surface area contributed by atoms with E-state index in [0.717, 1.165) is 88.2 Å². The molecule has 2 fully saturated rings. The average Bonchev–Trinajstić information content (AvgIpc) is 3.37. The molecule has 35 heavy (non-hydrogen) atoms. The number of morpholine rings is 1. The second-order valence-corrected chi connectivity index (χ2v) is 9.31. The summed E-state index contributed by atoms with van der Waals surface area (Å²) in [5, 5.41) is 3.43. The fraction of sp³-hybridized carbons (Fsp3) is 0.462. The van der Waals surface area contributed by atoms with Gasteiger partial charge in [0.15, 0.2) is 0 Å². The number of hydrogen-bond acceptors (Lipinski definition) is 9. The lowest BCUT2D eigenvalue weighted by atomic mass is 10.1. The normalized spacial score (nSPS) is 18.6. The highest BCUT2D eigenvalue weighted by Gasteiger charge is 2.29. The van der Waals surface area contributed by atoms with Crippen molar-refractivity contribution in [3.8, 4) is 11.3 Å². The molecular formula is C26H32N8O. The minimum absolute atomic E-state index is 0.697. The number of nitrogens with zero attached hydrogens (tertiary/aromatic N) is 7. The van der Waals surface area contributed by atoms with E-state index in [0.29, 0.717) is 13.2 Å². The van der Waals surface area contributed by atoms with E-state index in [-0.39, 0.29) is 0 Å². The van der Waals surface area contributed by atoms with Gasteiger partial charge in [-0.25, -0.2) is 15.0 Å². The van der Waals surface area contributed by atoms with Crippen molar-refractivity contribution in [1.29, 1.82) is 0 Å². The molecule has 6 rings (SSSR count). The number of ether oxygens (including phenoxy) is 1. The third-order valence-corrected chi connectivity index (χ3v) is 7.09. The van der Waals surface area contributed by atoms with Gasteiger partial charge in [-0.05, 0) is 30.5 Å². The number of hydrogen-bond donors (Lipinski definition) is 1. The maximum absolute atomic E-state index is 5.56. The SMILES string of the molecule is c1cc(CCN2CCNCC2)cc(N2CCc3c(-c4cncnc4)nc(N4CCOCC4)nc32)c1. The van der Waals surface area contributed by atoms with Crippen LogP contribution < -0.4 is 15.1 Å². The molecule has 0 unspecified atom stereocenters. The molecule has 1 N–H and O–H groups in total. The Kier molecular flexibility index (Phi) is 6.53. The second-order valence-electron chi connectivity index (χ2n) is 9.31. The van der Waals surface area contributed by atoms with Crippen LogP contribution in [0.25, 0.3) is 11.3 Å². The number of rotatable bonds is 6. The summed E-state index contributed by atoms with van der Waals surface area (Å²) in [6.45, 7) is 9.41. The van der Waals surface area contributed by atoms with Crippen LogP contribution in [0.4, 0.5) is 17.5 Å². The second kappa shape index (κ2) is 10.2. The Bertz CT molecular complexity index is 1150. The van der Waals surface area contributed by atoms with Crippen LogP contribution in [-0.4, -0.2) is 90.4 Å². The van der Waals surface area contributed by atoms with Crippen LogP contribution in [0.5, 0.6) is 0 Å². The summed E-state index contributed by atoms with van der Waals surface area (Å²) in [5.74, 6) is 1.76. The van der Waals surface area contributed by atoms with Crippen molar-refractivity contribution in [1.82, 2.24) is 30.2 Å². The highest BCUT2D eigenvalue weighted by Crippen LogP contribution is 2.39. The molecule has 0 aliphatic carbocycles. The molecule has 0 bridgehead atoms. The zero-order chi connectivity index (χ0) is 23.5. The van der Waals surface area contributed by atoms with Crippen molar-refractivity contribution >= 4 is 17.5 Å². The Balaban J connectivity index is 1.31. The summed E-state index contributed by atoms with van der Waals surface area (Å²) >= 11 is 0. The van der Waals surface area contributed by atoms with E-state index in [2.05, 4.69) is 54.2 Å². The van der Waals surface area contributed by atoms with Gasteiger partial charge < -0.3 is 24.8 Å². The lowest BCUT2D eigenvalue weighted by Gasteiger charge is -2.28. The monoisotopic (exact) mass is 472 g/mol. The smallest absolute Gasteiger partial charge is 0.228 e. The average molecular weight is 473 g/mol. The summed E-state index contributed by atoms with van der Waals surface area (Å²) in [6, 6.07) is 8.95. The first kappa shape index (κ1) is 22.3. The molecule has 3 aromatic rings. The van der Waals surface area contributed by atoms with Gasteiger partial charge in [-0.1, -0.05) is 12.1 Å². The Labute approximate surface area is 206 Å². The van der Waals surface area contributed by atoms with Crippen molar-refractivity contribution in [3.05, 3.63) is 54.1 Å². The zero-order valence-corrected chi connectivity index (χ0v) is 20.1. The molecule has 0 amide bonds. The van der Waals surface area contributed by atoms with E-state index in [1.54, 1.807) is 6.33 Å². The van der Waals surface area contributed by atoms with E-state index in [4.69, 9.17) is 14.7 Å². The number of benzene rings is 1. The quantitative estimate of drug-likeness (QED) is 0.578. The number of fused-ring (bicyclic) bond motifs is 1. The molecule has 182 valence electrons. The van der Waals surface area contributed by atoms with Crippen molar-refractivity contribution in [3.63, 3.8) is 0 Å². The van der Waals surface area contributed by atoms with Crippen LogP contribution in [-0.2, 0) is 17.6 Å². The standard InChI is InChI=1S/C26H32N8O/c1-2-20(4-8-32-10-6-27-7-11-32)16-22(3-1)34-9-5-23-24(21-17-28-19-29-18-21)30-26(31-25(23)34)33-12-14-35-15-13-33/h1-3,16-19,27H,4-15H2. The molecule has 2 aromatic heterocycles. The van der Waals surface area contributed by atoms with E-state index < -0.39 is 0 Å². The lowest BCUT2D eigenvalue weighted by Crippen LogP contribution is -2.44. The Hall–Kier alpha value is -3.14. The Morgan fingerprint density at radius 2 is 1.77 bits per heavy atom. The van der Waals surface area contributed by atoms with Crippen molar-refractivity contribution in [2.75, 3.05) is 75.4 Å². The van der Waals surface area contributed by atoms with Crippen molar-refractivity contribution < 1.29 is 4.74 Å². The van der Waals surface area contributed by atoms with Crippen LogP contribution in [0.15, 0.2) is 43.0 Å². The fourth-order valence-electron chi connectivity index (χ4n) is 5.16. The van der Waals surface area contributed by atoms with Crippen LogP contribution >= 0.6 is 0 Å². The van der Waals surface area contributed by atoms with Gasteiger partial charge in [-0.2, -0.15) is 4.98 Å². The summed E-state index contributed by atoms with van der Waals surface area (Å²) < 4.78 is 5.56. The van der Waals surface area contributed by atoms with Gasteiger partial charge in [-0.15, -0.1) is 0 Å². The van der Waals surface area contributed by atoms with E-state index >= 15 is 0 Å². The molecule has 0 spiro atoms. The maximum atomic E-state index is 5.56. The van der Waals surface area contributed by atoms with E-state index in [1.165, 1.54) is 16.8 Å². The van der Waals surface area contributed by atoms with Gasteiger partial charge >= 0.3 is 0 Å². The number of aromatic nitrogens is 4. The molecular weight excluding hydrogens is 440 g/mol. The topological polar surface area (TPSA) is 82.5 Å². The zero-order valence-electron chi connectivity index (χ0n) is 20.1. The molecule has 0 radical (unpaired) electrons. The number of piperazine rings is 1. The molecule has 2 saturated heterocycles. The first-order valence-corrected chi connectivity index (χ1v) is 12.6. The molecule has 1 aromatic carbocycles. The molecule has 9 nitrogen and oxygen atoms in total. The molecule has 3 aliphatic heterocycles. The molecule has 0 saturated carbocycles. The van der Waals surface area contributed by atoms with Gasteiger partial charge in [-0.3, -0.25) is 0 Å². The van der Waals surface area contributed by atoms with Crippen molar-refractivity contribution in [2.45, 2.75) is 12.8 Å². The largest absolute Gasteiger partial charge is 0.378 e. The Morgan fingerprint density at radius 3 is 2.60 bits per heavy atom. The summed E-state index contributed by atoms with van der Waals surface area (Å²) in [5.41, 5.74) is 5.61. The van der Waals surface area contributed by atoms with Crippen LogP contribution in [0, 0.1) is 0 Å². The predicted octanol–water partition coefficient (Wildman–Crippen LogP) is 1.91. The molecule has 0 atom stereocenters. The highest BCUT2D eigenvalue weighted by molar-refractivity contribution is 5.76. The molecule has 9 heteroatoms. The van der Waals surface area contributed by atoms with Crippen LogP contribution in [0.1, 0.15) is 11.1 Å². The minimum Gasteiger partial charge on any atom is -0.378 e.